The van der Waals surface area contributed by atoms with Crippen LogP contribution >= 0.6 is 0 Å². The molecule has 1 heterocycles. The summed E-state index contributed by atoms with van der Waals surface area (Å²) in [7, 11) is 3.21. The number of anilines is 2. The number of carbonyl (C=O) groups is 3. The van der Waals surface area contributed by atoms with Crippen molar-refractivity contribution in [2.75, 3.05) is 31.3 Å². The van der Waals surface area contributed by atoms with E-state index in [2.05, 4.69) is 20.4 Å². The second-order valence-electron chi connectivity index (χ2n) is 7.65. The Morgan fingerprint density at radius 2 is 1.66 bits per heavy atom. The van der Waals surface area contributed by atoms with Crippen molar-refractivity contribution in [3.63, 3.8) is 0 Å². The van der Waals surface area contributed by atoms with E-state index >= 15 is 0 Å². The van der Waals surface area contributed by atoms with Gasteiger partial charge in [-0.1, -0.05) is 0 Å². The Hall–Kier alpha value is -4.13. The third-order valence-electron chi connectivity index (χ3n) is 4.71. The highest BCUT2D eigenvalue weighted by molar-refractivity contribution is 6.09. The maximum atomic E-state index is 13.9. The molecule has 0 saturated heterocycles. The minimum Gasteiger partial charge on any atom is -0.308 e. The first-order valence-corrected chi connectivity index (χ1v) is 9.99. The number of fused-ring (bicyclic) bond motifs is 1. The summed E-state index contributed by atoms with van der Waals surface area (Å²) in [5, 5.41) is 4.95. The van der Waals surface area contributed by atoms with Crippen LogP contribution in [-0.2, 0) is 20.7 Å². The van der Waals surface area contributed by atoms with Crippen LogP contribution in [0.15, 0.2) is 42.5 Å². The number of benzene rings is 2. The largest absolute Gasteiger partial charge is 0.461 e. The average Bonchev–Trinajstić information content (AvgIpc) is 3.02. The van der Waals surface area contributed by atoms with Crippen LogP contribution in [0.5, 0.6) is 0 Å². The number of amides is 2. The van der Waals surface area contributed by atoms with Crippen molar-refractivity contribution in [1.82, 2.24) is 9.47 Å². The van der Waals surface area contributed by atoms with Crippen LogP contribution in [0.25, 0.3) is 10.9 Å². The van der Waals surface area contributed by atoms with Gasteiger partial charge in [-0.05, 0) is 63.5 Å². The van der Waals surface area contributed by atoms with Gasteiger partial charge >= 0.3 is 24.3 Å². The zero-order chi connectivity index (χ0) is 25.9. The zero-order valence-corrected chi connectivity index (χ0v) is 18.7. The summed E-state index contributed by atoms with van der Waals surface area (Å²) in [6, 6.07) is 6.29. The first kappa shape index (κ1) is 25.5. The summed E-state index contributed by atoms with van der Waals surface area (Å²) in [6.45, 7) is 1.27. The molecule has 0 unspecified atom stereocenters. The maximum absolute atomic E-state index is 13.9. The Morgan fingerprint density at radius 3 is 2.26 bits per heavy atom. The van der Waals surface area contributed by atoms with Crippen molar-refractivity contribution in [2.24, 2.45) is 0 Å². The molecule has 0 spiro atoms. The lowest BCUT2D eigenvalue weighted by atomic mass is 10.2. The molecule has 2 aromatic carbocycles. The third kappa shape index (κ3) is 6.06. The Kier molecular flexibility index (Phi) is 7.29. The van der Waals surface area contributed by atoms with Gasteiger partial charge in [0.15, 0.2) is 0 Å². The van der Waals surface area contributed by atoms with E-state index in [0.29, 0.717) is 0 Å². The van der Waals surface area contributed by atoms with Gasteiger partial charge in [0.05, 0.1) is 22.5 Å². The topological polar surface area (TPSA) is 102 Å². The average molecular weight is 496 g/mol. The minimum absolute atomic E-state index is 0.0282. The molecular formula is C22H20F4N4O5. The number of nitrogens with one attached hydrogen (secondary N) is 2. The van der Waals surface area contributed by atoms with Crippen molar-refractivity contribution in [3.8, 4) is 0 Å². The Bertz CT molecular complexity index is 1270. The predicted octanol–water partition coefficient (Wildman–Crippen LogP) is 4.76. The molecule has 0 aliphatic rings. The molecule has 1 aromatic heterocycles. The van der Waals surface area contributed by atoms with Crippen LogP contribution in [0.4, 0.5) is 38.5 Å². The number of carbonyl (C=O) groups excluding carboxylic acids is 3. The monoisotopic (exact) mass is 496 g/mol. The second kappa shape index (κ2) is 10.0. The van der Waals surface area contributed by atoms with E-state index in [1.807, 2.05) is 0 Å². The molecule has 0 aliphatic heterocycles. The third-order valence-corrected chi connectivity index (χ3v) is 4.71. The van der Waals surface area contributed by atoms with Crippen molar-refractivity contribution >= 4 is 40.4 Å². The van der Waals surface area contributed by atoms with Gasteiger partial charge in [0, 0.05) is 11.1 Å². The quantitative estimate of drug-likeness (QED) is 0.307. The van der Waals surface area contributed by atoms with Crippen LogP contribution < -0.4 is 10.6 Å². The zero-order valence-electron chi connectivity index (χ0n) is 18.7. The predicted molar refractivity (Wildman–Crippen MR) is 117 cm³/mol. The first-order valence-electron chi connectivity index (χ1n) is 9.99. The molecule has 0 fully saturated rings. The van der Waals surface area contributed by atoms with E-state index in [1.165, 1.54) is 17.9 Å². The summed E-state index contributed by atoms with van der Waals surface area (Å²) in [4.78, 5) is 47.3. The van der Waals surface area contributed by atoms with Crippen LogP contribution in [0.2, 0.25) is 0 Å². The summed E-state index contributed by atoms with van der Waals surface area (Å²) in [5.41, 5.74) is -0.539. The molecule has 3 rings (SSSR count). The van der Waals surface area contributed by atoms with Gasteiger partial charge in [-0.25, -0.2) is 33.1 Å². The molecule has 0 aliphatic carbocycles. The standard InChI is InChI=1S/C22H20F4N4O5/c1-12-19(28-20(32)27-15-7-4-13(5-8-15)22(24,25)26)16-10-14(23)6-9-17(16)30(12)21(33)35-34-18(31)11-29(2)3/h4-10H,11H2,1-3H3,(H2,27,28,32). The molecule has 0 bridgehead atoms. The van der Waals surface area contributed by atoms with E-state index < -0.39 is 35.7 Å². The summed E-state index contributed by atoms with van der Waals surface area (Å²) >= 11 is 0. The molecule has 0 radical (unpaired) electrons. The molecule has 13 heteroatoms. The van der Waals surface area contributed by atoms with Gasteiger partial charge in [-0.15, -0.1) is 0 Å². The van der Waals surface area contributed by atoms with Gasteiger partial charge < -0.3 is 10.6 Å². The molecule has 186 valence electrons. The molecule has 3 aromatic rings. The molecule has 2 N–H and O–H groups in total. The molecule has 9 nitrogen and oxygen atoms in total. The molecule has 35 heavy (non-hydrogen) atoms. The van der Waals surface area contributed by atoms with Gasteiger partial charge in [0.2, 0.25) is 0 Å². The maximum Gasteiger partial charge on any atom is 0.461 e. The van der Waals surface area contributed by atoms with Crippen LogP contribution in [0, 0.1) is 12.7 Å². The fourth-order valence-electron chi connectivity index (χ4n) is 3.21. The number of hydrogen-bond acceptors (Lipinski definition) is 6. The smallest absolute Gasteiger partial charge is 0.308 e. The lowest BCUT2D eigenvalue weighted by molar-refractivity contribution is -0.232. The van der Waals surface area contributed by atoms with Gasteiger partial charge in [-0.2, -0.15) is 13.2 Å². The number of hydrogen-bond donors (Lipinski definition) is 2. The second-order valence-corrected chi connectivity index (χ2v) is 7.65. The number of halogens is 4. The summed E-state index contributed by atoms with van der Waals surface area (Å²) in [6.07, 6.45) is -5.65. The van der Waals surface area contributed by atoms with E-state index in [1.54, 1.807) is 14.1 Å². The summed E-state index contributed by atoms with van der Waals surface area (Å²) < 4.78 is 53.0. The van der Waals surface area contributed by atoms with E-state index in [4.69, 9.17) is 0 Å². The lowest BCUT2D eigenvalue weighted by Gasteiger charge is -2.11. The Morgan fingerprint density at radius 1 is 1.00 bits per heavy atom. The first-order chi connectivity index (χ1) is 16.4. The number of alkyl halides is 3. The normalized spacial score (nSPS) is 11.4. The highest BCUT2D eigenvalue weighted by Gasteiger charge is 2.30. The number of likely N-dealkylation sites (N-methyl/N-ethyl adjacent to an activating group) is 1. The fraction of sp³-hybridized carbons (Fsp3) is 0.227. The summed E-state index contributed by atoms with van der Waals surface area (Å²) in [5.74, 6) is -1.50. The van der Waals surface area contributed by atoms with Crippen LogP contribution in [-0.4, -0.2) is 48.2 Å². The highest BCUT2D eigenvalue weighted by atomic mass is 19.4. The highest BCUT2D eigenvalue weighted by Crippen LogP contribution is 2.32. The molecule has 0 atom stereocenters. The lowest BCUT2D eigenvalue weighted by Crippen LogP contribution is -2.26. The Labute approximate surface area is 196 Å². The van der Waals surface area contributed by atoms with Gasteiger partial charge in [0.25, 0.3) is 0 Å². The van der Waals surface area contributed by atoms with Gasteiger partial charge in [0.1, 0.15) is 12.4 Å². The van der Waals surface area contributed by atoms with Crippen molar-refractivity contribution in [2.45, 2.75) is 13.1 Å². The van der Waals surface area contributed by atoms with Crippen LogP contribution in [0.1, 0.15) is 11.3 Å². The molecule has 0 saturated carbocycles. The van der Waals surface area contributed by atoms with Crippen molar-refractivity contribution in [1.29, 1.82) is 0 Å². The van der Waals surface area contributed by atoms with E-state index in [0.717, 1.165) is 41.0 Å². The number of nitrogens with zero attached hydrogens (tertiary/aromatic N) is 2. The van der Waals surface area contributed by atoms with Gasteiger partial charge in [-0.3, -0.25) is 4.90 Å². The molecular weight excluding hydrogens is 476 g/mol. The van der Waals surface area contributed by atoms with E-state index in [-0.39, 0.29) is 34.5 Å². The molecule has 2 amide bonds. The SMILES string of the molecule is Cc1c(NC(=O)Nc2ccc(C(F)(F)F)cc2)c2cc(F)ccc2n1C(=O)OOC(=O)CN(C)C. The number of aromatic nitrogens is 1. The fourth-order valence-corrected chi connectivity index (χ4v) is 3.21. The number of urea groups is 1. The Balaban J connectivity index is 1.83. The minimum atomic E-state index is -4.53. The number of rotatable bonds is 4. The van der Waals surface area contributed by atoms with E-state index in [9.17, 15) is 31.9 Å². The van der Waals surface area contributed by atoms with Crippen molar-refractivity contribution in [3.05, 3.63) is 59.5 Å². The van der Waals surface area contributed by atoms with Crippen LogP contribution in [0.3, 0.4) is 0 Å². The van der Waals surface area contributed by atoms with Crippen molar-refractivity contribution < 1.29 is 41.7 Å².